The number of aromatic nitrogens is 4. The molecule has 0 aliphatic heterocycles. The Labute approximate surface area is 99.0 Å². The van der Waals surface area contributed by atoms with E-state index in [1.807, 2.05) is 13.2 Å². The molecule has 0 aliphatic rings. The van der Waals surface area contributed by atoms with E-state index < -0.39 is 0 Å². The van der Waals surface area contributed by atoms with Gasteiger partial charge < -0.3 is 15.5 Å². The number of rotatable bonds is 4. The predicted octanol–water partition coefficient (Wildman–Crippen LogP) is 1.13. The topological polar surface area (TPSA) is 94.8 Å². The molecule has 0 fully saturated rings. The van der Waals surface area contributed by atoms with E-state index in [0.29, 0.717) is 17.8 Å². The van der Waals surface area contributed by atoms with E-state index in [1.165, 1.54) is 0 Å². The van der Waals surface area contributed by atoms with Crippen LogP contribution >= 0.6 is 0 Å². The van der Waals surface area contributed by atoms with E-state index in [9.17, 15) is 0 Å². The second-order valence-corrected chi connectivity index (χ2v) is 4.09. The Hall–Kier alpha value is -1.89. The van der Waals surface area contributed by atoms with Gasteiger partial charge in [-0.25, -0.2) is 0 Å². The van der Waals surface area contributed by atoms with Crippen molar-refractivity contribution in [3.8, 4) is 0 Å². The van der Waals surface area contributed by atoms with Crippen LogP contribution in [0.4, 0.5) is 11.7 Å². The Bertz CT molecular complexity index is 501. The van der Waals surface area contributed by atoms with Gasteiger partial charge in [0.25, 0.3) is 0 Å². The average Bonchev–Trinajstić information content (AvgIpc) is 2.85. The Kier molecular flexibility index (Phi) is 3.10. The molecule has 0 aliphatic carbocycles. The lowest BCUT2D eigenvalue weighted by atomic mass is 10.1. The zero-order valence-corrected chi connectivity index (χ0v) is 10.1. The second kappa shape index (κ2) is 4.54. The number of anilines is 2. The lowest BCUT2D eigenvalue weighted by molar-refractivity contribution is 0.511. The van der Waals surface area contributed by atoms with Gasteiger partial charge in [-0.1, -0.05) is 18.9 Å². The van der Waals surface area contributed by atoms with Crippen LogP contribution in [0.1, 0.15) is 31.4 Å². The fraction of sp³-hybridized carbons (Fsp3) is 0.500. The molecule has 0 bridgehead atoms. The normalized spacial score (nSPS) is 11.1. The molecule has 7 heteroatoms. The van der Waals surface area contributed by atoms with Crippen molar-refractivity contribution < 1.29 is 4.42 Å². The zero-order chi connectivity index (χ0) is 12.4. The van der Waals surface area contributed by atoms with Crippen LogP contribution in [0.25, 0.3) is 0 Å². The molecule has 2 aromatic heterocycles. The summed E-state index contributed by atoms with van der Waals surface area (Å²) < 4.78 is 7.03. The van der Waals surface area contributed by atoms with Gasteiger partial charge in [0, 0.05) is 13.2 Å². The van der Waals surface area contributed by atoms with Crippen LogP contribution in [0.15, 0.2) is 10.6 Å². The summed E-state index contributed by atoms with van der Waals surface area (Å²) in [6, 6.07) is 0.334. The number of aryl methyl sites for hydroxylation is 1. The first kappa shape index (κ1) is 11.6. The molecule has 0 unspecified atom stereocenters. The zero-order valence-electron chi connectivity index (χ0n) is 10.1. The van der Waals surface area contributed by atoms with Crippen molar-refractivity contribution in [2.24, 2.45) is 12.8 Å². The monoisotopic (exact) mass is 236 g/mol. The van der Waals surface area contributed by atoms with Gasteiger partial charge in [-0.15, -0.1) is 5.10 Å². The molecule has 92 valence electrons. The second-order valence-electron chi connectivity index (χ2n) is 4.09. The smallest absolute Gasteiger partial charge is 0.320 e. The average molecular weight is 236 g/mol. The first-order valence-corrected chi connectivity index (χ1v) is 5.43. The standard InChI is InChI=1S/C10H16N6O/c1-6(2)9-7(5-16(3)15-9)12-10-14-13-8(4-11)17-10/h5-6H,4,11H2,1-3H3,(H,12,14). The van der Waals surface area contributed by atoms with Crippen molar-refractivity contribution in [3.05, 3.63) is 17.8 Å². The van der Waals surface area contributed by atoms with Crippen LogP contribution < -0.4 is 11.1 Å². The number of hydrogen-bond acceptors (Lipinski definition) is 6. The number of nitrogens with two attached hydrogens (primary N) is 1. The molecule has 3 N–H and O–H groups in total. The maximum absolute atomic E-state index is 5.40. The molecule has 0 amide bonds. The molecule has 7 nitrogen and oxygen atoms in total. The minimum absolute atomic E-state index is 0.235. The summed E-state index contributed by atoms with van der Waals surface area (Å²) >= 11 is 0. The summed E-state index contributed by atoms with van der Waals surface area (Å²) in [5, 5.41) is 15.1. The summed E-state index contributed by atoms with van der Waals surface area (Å²) in [7, 11) is 1.87. The third kappa shape index (κ3) is 2.44. The first-order chi connectivity index (χ1) is 8.10. The highest BCUT2D eigenvalue weighted by atomic mass is 16.4. The third-order valence-corrected chi connectivity index (χ3v) is 2.29. The fourth-order valence-corrected chi connectivity index (χ4v) is 1.53. The van der Waals surface area contributed by atoms with Gasteiger partial charge in [0.2, 0.25) is 5.89 Å². The Morgan fingerprint density at radius 2 is 2.24 bits per heavy atom. The Balaban J connectivity index is 2.23. The SMILES string of the molecule is CC(C)c1nn(C)cc1Nc1nnc(CN)o1. The van der Waals surface area contributed by atoms with E-state index >= 15 is 0 Å². The molecular formula is C10H16N6O. The molecular weight excluding hydrogens is 220 g/mol. The fourth-order valence-electron chi connectivity index (χ4n) is 1.53. The third-order valence-electron chi connectivity index (χ3n) is 2.29. The molecule has 0 saturated carbocycles. The highest BCUT2D eigenvalue weighted by Crippen LogP contribution is 2.24. The Morgan fingerprint density at radius 1 is 1.47 bits per heavy atom. The van der Waals surface area contributed by atoms with Gasteiger partial charge in [0.1, 0.15) is 0 Å². The maximum Gasteiger partial charge on any atom is 0.320 e. The number of hydrogen-bond donors (Lipinski definition) is 2. The lowest BCUT2D eigenvalue weighted by Gasteiger charge is -2.04. The summed E-state index contributed by atoms with van der Waals surface area (Å²) in [5.41, 5.74) is 7.23. The van der Waals surface area contributed by atoms with Crippen LogP contribution in [-0.4, -0.2) is 20.0 Å². The lowest BCUT2D eigenvalue weighted by Crippen LogP contribution is -1.96. The number of nitrogens with one attached hydrogen (secondary N) is 1. The van der Waals surface area contributed by atoms with Crippen LogP contribution in [0.5, 0.6) is 0 Å². The van der Waals surface area contributed by atoms with Gasteiger partial charge in [0.15, 0.2) is 0 Å². The van der Waals surface area contributed by atoms with Gasteiger partial charge in [-0.3, -0.25) is 4.68 Å². The Morgan fingerprint density at radius 3 is 2.82 bits per heavy atom. The van der Waals surface area contributed by atoms with Crippen LogP contribution in [0.2, 0.25) is 0 Å². The van der Waals surface area contributed by atoms with Crippen molar-refractivity contribution in [1.29, 1.82) is 0 Å². The largest absolute Gasteiger partial charge is 0.406 e. The molecule has 0 radical (unpaired) electrons. The minimum Gasteiger partial charge on any atom is -0.406 e. The van der Waals surface area contributed by atoms with E-state index in [0.717, 1.165) is 11.4 Å². The highest BCUT2D eigenvalue weighted by Gasteiger charge is 2.13. The van der Waals surface area contributed by atoms with Gasteiger partial charge in [-0.2, -0.15) is 5.10 Å². The van der Waals surface area contributed by atoms with Gasteiger partial charge in [-0.05, 0) is 5.92 Å². The molecule has 0 saturated heterocycles. The van der Waals surface area contributed by atoms with Crippen LogP contribution in [-0.2, 0) is 13.6 Å². The van der Waals surface area contributed by atoms with Crippen molar-refractivity contribution in [2.45, 2.75) is 26.3 Å². The van der Waals surface area contributed by atoms with Crippen LogP contribution in [0, 0.1) is 0 Å². The summed E-state index contributed by atoms with van der Waals surface area (Å²) in [4.78, 5) is 0. The summed E-state index contributed by atoms with van der Waals surface area (Å²) in [6.07, 6.45) is 1.88. The molecule has 2 heterocycles. The molecule has 2 rings (SSSR count). The van der Waals surface area contributed by atoms with E-state index in [-0.39, 0.29) is 6.54 Å². The number of nitrogens with zero attached hydrogens (tertiary/aromatic N) is 4. The van der Waals surface area contributed by atoms with Gasteiger partial charge in [0.05, 0.1) is 17.9 Å². The van der Waals surface area contributed by atoms with E-state index in [2.05, 4.69) is 34.5 Å². The molecule has 0 spiro atoms. The quantitative estimate of drug-likeness (QED) is 0.826. The first-order valence-electron chi connectivity index (χ1n) is 5.43. The predicted molar refractivity (Wildman–Crippen MR) is 62.8 cm³/mol. The summed E-state index contributed by atoms with van der Waals surface area (Å²) in [6.45, 7) is 4.39. The van der Waals surface area contributed by atoms with Crippen molar-refractivity contribution in [2.75, 3.05) is 5.32 Å². The molecule has 17 heavy (non-hydrogen) atoms. The van der Waals surface area contributed by atoms with Crippen LogP contribution in [0.3, 0.4) is 0 Å². The maximum atomic E-state index is 5.40. The molecule has 2 aromatic rings. The van der Waals surface area contributed by atoms with E-state index in [1.54, 1.807) is 4.68 Å². The molecule has 0 atom stereocenters. The van der Waals surface area contributed by atoms with E-state index in [4.69, 9.17) is 10.2 Å². The highest BCUT2D eigenvalue weighted by molar-refractivity contribution is 5.55. The minimum atomic E-state index is 0.235. The van der Waals surface area contributed by atoms with Crippen molar-refractivity contribution in [1.82, 2.24) is 20.0 Å². The van der Waals surface area contributed by atoms with Gasteiger partial charge >= 0.3 is 6.01 Å². The van der Waals surface area contributed by atoms with Crippen molar-refractivity contribution in [3.63, 3.8) is 0 Å². The van der Waals surface area contributed by atoms with Crippen molar-refractivity contribution >= 4 is 11.7 Å². The summed E-state index contributed by atoms with van der Waals surface area (Å²) in [5.74, 6) is 0.720. The molecule has 0 aromatic carbocycles.